The Labute approximate surface area is 90.5 Å². The highest BCUT2D eigenvalue weighted by Gasteiger charge is 2.33. The summed E-state index contributed by atoms with van der Waals surface area (Å²) < 4.78 is 0. The molecule has 1 aliphatic carbocycles. The van der Waals surface area contributed by atoms with Gasteiger partial charge in [-0.25, -0.2) is 0 Å². The third-order valence-electron chi connectivity index (χ3n) is 3.28. The Balaban J connectivity index is 2.16. The molecular weight excluding hydrogens is 188 g/mol. The quantitative estimate of drug-likeness (QED) is 0.796. The number of nitrogens with zero attached hydrogens (tertiary/aromatic N) is 1. The topological polar surface area (TPSA) is 45.2 Å². The molecule has 82 valence electrons. The summed E-state index contributed by atoms with van der Waals surface area (Å²) in [5, 5.41) is 13.0. The fourth-order valence-electron chi connectivity index (χ4n) is 2.27. The van der Waals surface area contributed by atoms with Crippen molar-refractivity contribution in [1.82, 2.24) is 4.98 Å². The van der Waals surface area contributed by atoms with Crippen molar-refractivity contribution in [3.8, 4) is 0 Å². The molecule has 1 aromatic heterocycles. The van der Waals surface area contributed by atoms with Crippen molar-refractivity contribution in [2.24, 2.45) is 0 Å². The zero-order valence-corrected chi connectivity index (χ0v) is 9.16. The molecular formula is C12H18N2O. The van der Waals surface area contributed by atoms with Crippen LogP contribution in [-0.2, 0) is 0 Å². The molecule has 0 aromatic carbocycles. The van der Waals surface area contributed by atoms with Crippen LogP contribution in [0.4, 0.5) is 5.69 Å². The first-order chi connectivity index (χ1) is 7.26. The van der Waals surface area contributed by atoms with E-state index in [-0.39, 0.29) is 12.1 Å². The molecule has 1 aliphatic rings. The summed E-state index contributed by atoms with van der Waals surface area (Å²) in [6, 6.07) is 1.98. The van der Waals surface area contributed by atoms with Crippen molar-refractivity contribution < 1.29 is 5.11 Å². The van der Waals surface area contributed by atoms with Gasteiger partial charge in [-0.05, 0) is 31.4 Å². The van der Waals surface area contributed by atoms with Crippen LogP contribution in [0.3, 0.4) is 0 Å². The molecule has 3 nitrogen and oxygen atoms in total. The minimum absolute atomic E-state index is 0.0912. The molecule has 0 atom stereocenters. The highest BCUT2D eigenvalue weighted by atomic mass is 16.3. The van der Waals surface area contributed by atoms with Gasteiger partial charge in [0.25, 0.3) is 0 Å². The number of hydrogen-bond acceptors (Lipinski definition) is 3. The number of aromatic nitrogens is 1. The maximum Gasteiger partial charge on any atom is 0.0661 e. The second-order valence-corrected chi connectivity index (χ2v) is 4.46. The van der Waals surface area contributed by atoms with Crippen LogP contribution in [0.25, 0.3) is 0 Å². The molecule has 2 N–H and O–H groups in total. The van der Waals surface area contributed by atoms with Crippen LogP contribution in [0.2, 0.25) is 0 Å². The van der Waals surface area contributed by atoms with Crippen molar-refractivity contribution >= 4 is 5.69 Å². The van der Waals surface area contributed by atoms with E-state index in [0.717, 1.165) is 24.1 Å². The zero-order chi connectivity index (χ0) is 10.7. The lowest BCUT2D eigenvalue weighted by molar-refractivity contribution is 0.214. The fourth-order valence-corrected chi connectivity index (χ4v) is 2.27. The molecule has 15 heavy (non-hydrogen) atoms. The van der Waals surface area contributed by atoms with E-state index in [1.807, 2.05) is 19.2 Å². The van der Waals surface area contributed by atoms with Crippen LogP contribution >= 0.6 is 0 Å². The Morgan fingerprint density at radius 3 is 2.80 bits per heavy atom. The summed E-state index contributed by atoms with van der Waals surface area (Å²) in [6.07, 6.45) is 8.17. The van der Waals surface area contributed by atoms with Crippen molar-refractivity contribution in [1.29, 1.82) is 0 Å². The van der Waals surface area contributed by atoms with Crippen LogP contribution in [0.15, 0.2) is 18.5 Å². The summed E-state index contributed by atoms with van der Waals surface area (Å²) >= 11 is 0. The molecule has 0 spiro atoms. The number of aryl methyl sites for hydroxylation is 1. The molecule has 0 unspecified atom stereocenters. The van der Waals surface area contributed by atoms with Gasteiger partial charge in [-0.1, -0.05) is 12.8 Å². The SMILES string of the molecule is Cc1cnccc1NC1(CO)CCCC1. The number of aliphatic hydroxyl groups excluding tert-OH is 1. The molecule has 0 saturated heterocycles. The van der Waals surface area contributed by atoms with Gasteiger partial charge in [-0.2, -0.15) is 0 Å². The molecule has 0 radical (unpaired) electrons. The van der Waals surface area contributed by atoms with E-state index in [2.05, 4.69) is 10.3 Å². The zero-order valence-electron chi connectivity index (χ0n) is 9.16. The number of pyridine rings is 1. The highest BCUT2D eigenvalue weighted by molar-refractivity contribution is 5.51. The largest absolute Gasteiger partial charge is 0.394 e. The van der Waals surface area contributed by atoms with E-state index in [1.165, 1.54) is 12.8 Å². The molecule has 0 bridgehead atoms. The van der Waals surface area contributed by atoms with E-state index >= 15 is 0 Å². The minimum atomic E-state index is -0.0912. The smallest absolute Gasteiger partial charge is 0.0661 e. The van der Waals surface area contributed by atoms with Gasteiger partial charge in [0, 0.05) is 18.1 Å². The number of aliphatic hydroxyl groups is 1. The maximum atomic E-state index is 9.49. The molecule has 2 rings (SSSR count). The van der Waals surface area contributed by atoms with Gasteiger partial charge in [0.1, 0.15) is 0 Å². The van der Waals surface area contributed by atoms with E-state index in [9.17, 15) is 5.11 Å². The molecule has 1 aromatic rings. The third kappa shape index (κ3) is 2.12. The first-order valence-corrected chi connectivity index (χ1v) is 5.55. The summed E-state index contributed by atoms with van der Waals surface area (Å²) in [4.78, 5) is 4.07. The van der Waals surface area contributed by atoms with Crippen LogP contribution < -0.4 is 5.32 Å². The Kier molecular flexibility index (Phi) is 2.91. The van der Waals surface area contributed by atoms with Crippen molar-refractivity contribution in [3.63, 3.8) is 0 Å². The number of rotatable bonds is 3. The molecule has 3 heteroatoms. The normalized spacial score (nSPS) is 19.1. The van der Waals surface area contributed by atoms with E-state index in [0.29, 0.717) is 0 Å². The molecule has 1 heterocycles. The van der Waals surface area contributed by atoms with Gasteiger partial charge < -0.3 is 10.4 Å². The monoisotopic (exact) mass is 206 g/mol. The van der Waals surface area contributed by atoms with Crippen molar-refractivity contribution in [2.45, 2.75) is 38.1 Å². The Hall–Kier alpha value is -1.09. The van der Waals surface area contributed by atoms with E-state index in [4.69, 9.17) is 0 Å². The predicted molar refractivity (Wildman–Crippen MR) is 60.9 cm³/mol. The van der Waals surface area contributed by atoms with Crippen molar-refractivity contribution in [3.05, 3.63) is 24.0 Å². The third-order valence-corrected chi connectivity index (χ3v) is 3.28. The Morgan fingerprint density at radius 1 is 1.47 bits per heavy atom. The predicted octanol–water partition coefficient (Wildman–Crippen LogP) is 2.11. The molecule has 0 aliphatic heterocycles. The van der Waals surface area contributed by atoms with E-state index < -0.39 is 0 Å². The van der Waals surface area contributed by atoms with Gasteiger partial charge in [-0.3, -0.25) is 4.98 Å². The first-order valence-electron chi connectivity index (χ1n) is 5.55. The number of hydrogen-bond donors (Lipinski definition) is 2. The lowest BCUT2D eigenvalue weighted by Crippen LogP contribution is -2.39. The van der Waals surface area contributed by atoms with Gasteiger partial charge in [0.05, 0.1) is 12.1 Å². The molecule has 0 amide bonds. The first kappa shape index (κ1) is 10.4. The minimum Gasteiger partial charge on any atom is -0.394 e. The lowest BCUT2D eigenvalue weighted by Gasteiger charge is -2.30. The second kappa shape index (κ2) is 4.19. The second-order valence-electron chi connectivity index (χ2n) is 4.46. The van der Waals surface area contributed by atoms with Gasteiger partial charge in [-0.15, -0.1) is 0 Å². The summed E-state index contributed by atoms with van der Waals surface area (Å²) in [5.74, 6) is 0. The summed E-state index contributed by atoms with van der Waals surface area (Å²) in [6.45, 7) is 2.25. The standard InChI is InChI=1S/C12H18N2O/c1-10-8-13-7-4-11(10)14-12(9-15)5-2-3-6-12/h4,7-8,15H,2-3,5-6,9H2,1H3,(H,13,14). The van der Waals surface area contributed by atoms with Crippen molar-refractivity contribution in [2.75, 3.05) is 11.9 Å². The van der Waals surface area contributed by atoms with Gasteiger partial charge in [0.15, 0.2) is 0 Å². The Bertz CT molecular complexity index is 332. The number of nitrogens with one attached hydrogen (secondary N) is 1. The lowest BCUT2D eigenvalue weighted by atomic mass is 9.98. The highest BCUT2D eigenvalue weighted by Crippen LogP contribution is 2.33. The molecule has 1 fully saturated rings. The molecule has 1 saturated carbocycles. The summed E-state index contributed by atoms with van der Waals surface area (Å²) in [5.41, 5.74) is 2.14. The number of anilines is 1. The van der Waals surface area contributed by atoms with E-state index in [1.54, 1.807) is 6.20 Å². The summed E-state index contributed by atoms with van der Waals surface area (Å²) in [7, 11) is 0. The fraction of sp³-hybridized carbons (Fsp3) is 0.583. The Morgan fingerprint density at radius 2 is 2.20 bits per heavy atom. The van der Waals surface area contributed by atoms with Crippen LogP contribution in [0.5, 0.6) is 0 Å². The average molecular weight is 206 g/mol. The van der Waals surface area contributed by atoms with Crippen LogP contribution in [0.1, 0.15) is 31.2 Å². The maximum absolute atomic E-state index is 9.49. The average Bonchev–Trinajstić information content (AvgIpc) is 2.71. The van der Waals surface area contributed by atoms with Crippen LogP contribution in [0, 0.1) is 6.92 Å². The van der Waals surface area contributed by atoms with Crippen LogP contribution in [-0.4, -0.2) is 22.2 Å². The van der Waals surface area contributed by atoms with Gasteiger partial charge >= 0.3 is 0 Å². The van der Waals surface area contributed by atoms with Gasteiger partial charge in [0.2, 0.25) is 0 Å².